The molecule has 0 saturated heterocycles. The number of hydrogen-bond acceptors (Lipinski definition) is 3. The van der Waals surface area contributed by atoms with Gasteiger partial charge in [-0.15, -0.1) is 0 Å². The standard InChI is InChI=1S/C14H18FNO4/c1-4-20-9(3)13(17)16-12(14(18)19)10-5-6-11(15)8(2)7-10/h5-7,9,12H,4H2,1-3H3,(H,16,17)(H,18,19). The Morgan fingerprint density at radius 2 is 2.10 bits per heavy atom. The Labute approximate surface area is 116 Å². The molecule has 1 aromatic rings. The molecular formula is C14H18FNO4. The Morgan fingerprint density at radius 3 is 2.60 bits per heavy atom. The summed E-state index contributed by atoms with van der Waals surface area (Å²) in [5.41, 5.74) is 0.634. The third kappa shape index (κ3) is 4.03. The van der Waals surface area contributed by atoms with E-state index in [1.807, 2.05) is 0 Å². The lowest BCUT2D eigenvalue weighted by atomic mass is 10.0. The second-order valence-electron chi connectivity index (χ2n) is 4.39. The molecule has 1 rings (SSSR count). The number of amides is 1. The number of aryl methyl sites for hydroxylation is 1. The van der Waals surface area contributed by atoms with Gasteiger partial charge in [0.1, 0.15) is 11.9 Å². The first-order valence-corrected chi connectivity index (χ1v) is 6.27. The van der Waals surface area contributed by atoms with E-state index in [4.69, 9.17) is 4.74 Å². The SMILES string of the molecule is CCOC(C)C(=O)NC(C(=O)O)c1ccc(F)c(C)c1. The van der Waals surface area contributed by atoms with Crippen molar-refractivity contribution in [3.05, 3.63) is 35.1 Å². The zero-order valence-corrected chi connectivity index (χ0v) is 11.6. The summed E-state index contributed by atoms with van der Waals surface area (Å²) in [6.45, 7) is 5.15. The molecule has 20 heavy (non-hydrogen) atoms. The molecular weight excluding hydrogens is 265 g/mol. The molecule has 0 fully saturated rings. The van der Waals surface area contributed by atoms with Crippen molar-refractivity contribution in [1.29, 1.82) is 0 Å². The van der Waals surface area contributed by atoms with E-state index in [2.05, 4.69) is 5.32 Å². The fourth-order valence-corrected chi connectivity index (χ4v) is 1.72. The molecule has 1 aromatic carbocycles. The van der Waals surface area contributed by atoms with Crippen LogP contribution >= 0.6 is 0 Å². The third-order valence-corrected chi connectivity index (χ3v) is 2.83. The molecule has 0 saturated carbocycles. The van der Waals surface area contributed by atoms with Crippen LogP contribution in [0.5, 0.6) is 0 Å². The van der Waals surface area contributed by atoms with Crippen LogP contribution in [0, 0.1) is 12.7 Å². The van der Waals surface area contributed by atoms with Crippen molar-refractivity contribution in [3.63, 3.8) is 0 Å². The van der Waals surface area contributed by atoms with Crippen LogP contribution in [0.15, 0.2) is 18.2 Å². The first-order chi connectivity index (χ1) is 9.36. The predicted molar refractivity (Wildman–Crippen MR) is 70.7 cm³/mol. The number of aliphatic carboxylic acids is 1. The van der Waals surface area contributed by atoms with Gasteiger partial charge in [0.05, 0.1) is 0 Å². The topological polar surface area (TPSA) is 75.6 Å². The lowest BCUT2D eigenvalue weighted by molar-refractivity contribution is -0.144. The van der Waals surface area contributed by atoms with Gasteiger partial charge in [-0.3, -0.25) is 4.79 Å². The lowest BCUT2D eigenvalue weighted by Gasteiger charge is -2.18. The minimum atomic E-state index is -1.23. The van der Waals surface area contributed by atoms with E-state index in [-0.39, 0.29) is 0 Å². The molecule has 110 valence electrons. The van der Waals surface area contributed by atoms with Gasteiger partial charge >= 0.3 is 5.97 Å². The molecule has 0 aliphatic rings. The summed E-state index contributed by atoms with van der Waals surface area (Å²) in [5, 5.41) is 11.6. The number of benzene rings is 1. The fourth-order valence-electron chi connectivity index (χ4n) is 1.72. The third-order valence-electron chi connectivity index (χ3n) is 2.83. The zero-order chi connectivity index (χ0) is 15.3. The fraction of sp³-hybridized carbons (Fsp3) is 0.429. The quantitative estimate of drug-likeness (QED) is 0.834. The molecule has 2 unspecified atom stereocenters. The van der Waals surface area contributed by atoms with E-state index in [1.54, 1.807) is 6.92 Å². The smallest absolute Gasteiger partial charge is 0.330 e. The minimum absolute atomic E-state index is 0.313. The van der Waals surface area contributed by atoms with Gasteiger partial charge in [-0.1, -0.05) is 12.1 Å². The van der Waals surface area contributed by atoms with Crippen molar-refractivity contribution in [1.82, 2.24) is 5.32 Å². The predicted octanol–water partition coefficient (Wildman–Crippen LogP) is 1.80. The maximum atomic E-state index is 13.2. The Balaban J connectivity index is 2.92. The zero-order valence-electron chi connectivity index (χ0n) is 11.6. The van der Waals surface area contributed by atoms with E-state index >= 15 is 0 Å². The highest BCUT2D eigenvalue weighted by Gasteiger charge is 2.25. The van der Waals surface area contributed by atoms with E-state index < -0.39 is 29.8 Å². The van der Waals surface area contributed by atoms with Crippen LogP contribution in [0.4, 0.5) is 4.39 Å². The molecule has 1 amide bonds. The van der Waals surface area contributed by atoms with Gasteiger partial charge in [0, 0.05) is 6.61 Å². The number of carboxylic acids is 1. The molecule has 2 N–H and O–H groups in total. The number of halogens is 1. The molecule has 0 radical (unpaired) electrons. The summed E-state index contributed by atoms with van der Waals surface area (Å²) < 4.78 is 18.3. The number of carbonyl (C=O) groups excluding carboxylic acids is 1. The van der Waals surface area contributed by atoms with Crippen LogP contribution in [0.1, 0.15) is 31.0 Å². The van der Waals surface area contributed by atoms with Crippen molar-refractivity contribution in [2.45, 2.75) is 32.9 Å². The highest BCUT2D eigenvalue weighted by Crippen LogP contribution is 2.17. The summed E-state index contributed by atoms with van der Waals surface area (Å²) in [6.07, 6.45) is -0.747. The average Bonchev–Trinajstić information content (AvgIpc) is 2.39. The summed E-state index contributed by atoms with van der Waals surface area (Å²) >= 11 is 0. The Kier molecular flexibility index (Phi) is 5.64. The van der Waals surface area contributed by atoms with Gasteiger partial charge in [-0.25, -0.2) is 9.18 Å². The Morgan fingerprint density at radius 1 is 1.45 bits per heavy atom. The normalized spacial score (nSPS) is 13.6. The van der Waals surface area contributed by atoms with Crippen LogP contribution < -0.4 is 5.32 Å². The van der Waals surface area contributed by atoms with Crippen molar-refractivity contribution < 1.29 is 23.8 Å². The second kappa shape index (κ2) is 7.00. The van der Waals surface area contributed by atoms with Gasteiger partial charge in [-0.05, 0) is 38.0 Å². The second-order valence-corrected chi connectivity index (χ2v) is 4.39. The molecule has 2 atom stereocenters. The first-order valence-electron chi connectivity index (χ1n) is 6.27. The van der Waals surface area contributed by atoms with E-state index in [9.17, 15) is 19.1 Å². The molecule has 0 aromatic heterocycles. The maximum Gasteiger partial charge on any atom is 0.330 e. The molecule has 0 bridgehead atoms. The molecule has 0 spiro atoms. The van der Waals surface area contributed by atoms with Crippen LogP contribution in [0.2, 0.25) is 0 Å². The van der Waals surface area contributed by atoms with Crippen molar-refractivity contribution in [3.8, 4) is 0 Å². The van der Waals surface area contributed by atoms with Gasteiger partial charge in [0.25, 0.3) is 0 Å². The number of rotatable bonds is 6. The number of nitrogens with one attached hydrogen (secondary N) is 1. The van der Waals surface area contributed by atoms with Crippen LogP contribution in [0.25, 0.3) is 0 Å². The molecule has 5 nitrogen and oxygen atoms in total. The number of carboxylic acid groups (broad SMARTS) is 1. The Hall–Kier alpha value is -1.95. The van der Waals surface area contributed by atoms with E-state index in [1.165, 1.54) is 32.0 Å². The molecule has 0 aliphatic heterocycles. The van der Waals surface area contributed by atoms with Gasteiger partial charge < -0.3 is 15.2 Å². The average molecular weight is 283 g/mol. The summed E-state index contributed by atoms with van der Waals surface area (Å²) in [6, 6.07) is 2.69. The van der Waals surface area contributed by atoms with E-state index in [0.29, 0.717) is 17.7 Å². The van der Waals surface area contributed by atoms with Gasteiger partial charge in [0.2, 0.25) is 5.91 Å². The molecule has 0 heterocycles. The highest BCUT2D eigenvalue weighted by molar-refractivity contribution is 5.86. The van der Waals surface area contributed by atoms with Gasteiger partial charge in [-0.2, -0.15) is 0 Å². The van der Waals surface area contributed by atoms with E-state index in [0.717, 1.165) is 0 Å². The maximum absolute atomic E-state index is 13.2. The van der Waals surface area contributed by atoms with Crippen LogP contribution in [-0.4, -0.2) is 29.7 Å². The summed E-state index contributed by atoms with van der Waals surface area (Å²) in [4.78, 5) is 23.1. The monoisotopic (exact) mass is 283 g/mol. The first kappa shape index (κ1) is 16.1. The molecule has 0 aliphatic carbocycles. The van der Waals surface area contributed by atoms with Crippen molar-refractivity contribution in [2.75, 3.05) is 6.61 Å². The Bertz CT molecular complexity index is 504. The minimum Gasteiger partial charge on any atom is -0.479 e. The number of ether oxygens (including phenoxy) is 1. The van der Waals surface area contributed by atoms with Gasteiger partial charge in [0.15, 0.2) is 6.04 Å². The van der Waals surface area contributed by atoms with Crippen LogP contribution in [0.3, 0.4) is 0 Å². The van der Waals surface area contributed by atoms with Crippen molar-refractivity contribution in [2.24, 2.45) is 0 Å². The number of carbonyl (C=O) groups is 2. The molecule has 6 heteroatoms. The largest absolute Gasteiger partial charge is 0.479 e. The van der Waals surface area contributed by atoms with Crippen molar-refractivity contribution >= 4 is 11.9 Å². The highest BCUT2D eigenvalue weighted by atomic mass is 19.1. The number of hydrogen-bond donors (Lipinski definition) is 2. The summed E-state index contributed by atoms with van der Waals surface area (Å²) in [5.74, 6) is -2.17. The summed E-state index contributed by atoms with van der Waals surface area (Å²) in [7, 11) is 0. The van der Waals surface area contributed by atoms with Crippen LogP contribution in [-0.2, 0) is 14.3 Å². The lowest BCUT2D eigenvalue weighted by Crippen LogP contribution is -2.40.